The molecule has 2 aliphatic heterocycles. The summed E-state index contributed by atoms with van der Waals surface area (Å²) in [6.07, 6.45) is 2.08. The molecule has 27 heavy (non-hydrogen) atoms. The average molecular weight is 366 g/mol. The van der Waals surface area contributed by atoms with E-state index in [9.17, 15) is 4.79 Å². The summed E-state index contributed by atoms with van der Waals surface area (Å²) in [7, 11) is 0. The Labute approximate surface area is 160 Å². The van der Waals surface area contributed by atoms with Crippen molar-refractivity contribution in [3.8, 4) is 11.5 Å². The molecule has 0 saturated heterocycles. The van der Waals surface area contributed by atoms with Crippen LogP contribution in [0, 0.1) is 0 Å². The van der Waals surface area contributed by atoms with Crippen molar-refractivity contribution in [3.63, 3.8) is 0 Å². The summed E-state index contributed by atoms with van der Waals surface area (Å²) >= 11 is 0. The molecule has 1 amide bonds. The van der Waals surface area contributed by atoms with Crippen LogP contribution < -0.4 is 14.8 Å². The Morgan fingerprint density at radius 2 is 1.89 bits per heavy atom. The van der Waals surface area contributed by atoms with E-state index in [0.717, 1.165) is 25.9 Å². The van der Waals surface area contributed by atoms with Gasteiger partial charge in [0.2, 0.25) is 0 Å². The third-order valence-corrected chi connectivity index (χ3v) is 5.45. The number of amides is 1. The van der Waals surface area contributed by atoms with Crippen LogP contribution in [-0.2, 0) is 13.0 Å². The van der Waals surface area contributed by atoms with Crippen LogP contribution in [0.3, 0.4) is 0 Å². The highest BCUT2D eigenvalue weighted by molar-refractivity contribution is 5.94. The van der Waals surface area contributed by atoms with Gasteiger partial charge in [-0.2, -0.15) is 0 Å². The summed E-state index contributed by atoms with van der Waals surface area (Å²) in [5.74, 6) is 1.28. The van der Waals surface area contributed by atoms with Crippen LogP contribution in [0.5, 0.6) is 11.5 Å². The first-order valence-electron chi connectivity index (χ1n) is 9.73. The first kappa shape index (κ1) is 17.9. The number of hydrogen-bond donors (Lipinski definition) is 1. The lowest BCUT2D eigenvalue weighted by atomic mass is 9.98. The van der Waals surface area contributed by atoms with Gasteiger partial charge in [-0.25, -0.2) is 0 Å². The van der Waals surface area contributed by atoms with Crippen molar-refractivity contribution in [1.29, 1.82) is 0 Å². The minimum atomic E-state index is -0.0668. The molecule has 2 heterocycles. The van der Waals surface area contributed by atoms with Crippen molar-refractivity contribution in [3.05, 3.63) is 59.2 Å². The predicted octanol–water partition coefficient (Wildman–Crippen LogP) is 3.02. The van der Waals surface area contributed by atoms with Crippen molar-refractivity contribution in [2.24, 2.45) is 0 Å². The molecule has 2 aliphatic rings. The van der Waals surface area contributed by atoms with E-state index in [-0.39, 0.29) is 5.91 Å². The quantitative estimate of drug-likeness (QED) is 0.884. The fourth-order valence-electron chi connectivity index (χ4n) is 3.86. The number of benzene rings is 2. The van der Waals surface area contributed by atoms with Crippen LogP contribution in [0.15, 0.2) is 42.5 Å². The molecule has 0 radical (unpaired) electrons. The molecular weight excluding hydrogens is 340 g/mol. The first-order valence-corrected chi connectivity index (χ1v) is 9.73. The van der Waals surface area contributed by atoms with E-state index < -0.39 is 0 Å². The molecule has 0 aliphatic carbocycles. The van der Waals surface area contributed by atoms with Crippen molar-refractivity contribution in [2.75, 3.05) is 26.3 Å². The maximum Gasteiger partial charge on any atom is 0.251 e. The van der Waals surface area contributed by atoms with Gasteiger partial charge < -0.3 is 14.8 Å². The van der Waals surface area contributed by atoms with Gasteiger partial charge >= 0.3 is 0 Å². The molecular formula is C22H26N2O3. The third kappa shape index (κ3) is 3.93. The number of rotatable bonds is 5. The lowest BCUT2D eigenvalue weighted by Gasteiger charge is -2.35. The summed E-state index contributed by atoms with van der Waals surface area (Å²) in [5, 5.41) is 3.10. The van der Waals surface area contributed by atoms with Crippen LogP contribution in [-0.4, -0.2) is 43.2 Å². The molecule has 1 atom stereocenters. The maximum atomic E-state index is 12.6. The minimum Gasteiger partial charge on any atom is -0.486 e. The van der Waals surface area contributed by atoms with Gasteiger partial charge in [0.1, 0.15) is 13.2 Å². The highest BCUT2D eigenvalue weighted by atomic mass is 16.6. The Morgan fingerprint density at radius 3 is 2.70 bits per heavy atom. The molecule has 142 valence electrons. The number of nitrogens with zero attached hydrogens (tertiary/aromatic N) is 1. The number of carbonyl (C=O) groups excluding carboxylic acids is 1. The number of hydrogen-bond acceptors (Lipinski definition) is 4. The van der Waals surface area contributed by atoms with Crippen molar-refractivity contribution in [1.82, 2.24) is 10.2 Å². The molecule has 0 spiro atoms. The van der Waals surface area contributed by atoms with Gasteiger partial charge in [-0.05, 0) is 42.2 Å². The highest BCUT2D eigenvalue weighted by Gasteiger charge is 2.23. The topological polar surface area (TPSA) is 50.8 Å². The van der Waals surface area contributed by atoms with E-state index in [1.807, 2.05) is 6.07 Å². The molecule has 0 aromatic heterocycles. The number of carbonyl (C=O) groups is 1. The second kappa shape index (κ2) is 8.01. The van der Waals surface area contributed by atoms with Crippen LogP contribution in [0.25, 0.3) is 0 Å². The van der Waals surface area contributed by atoms with Crippen molar-refractivity contribution in [2.45, 2.75) is 32.4 Å². The van der Waals surface area contributed by atoms with E-state index in [2.05, 4.69) is 41.4 Å². The third-order valence-electron chi connectivity index (χ3n) is 5.45. The zero-order chi connectivity index (χ0) is 18.6. The fraction of sp³-hybridized carbons (Fsp3) is 0.409. The SMILES string of the molecule is CC[C@@H](CNC(=O)c1ccc2c(c1)OCCO2)N1CCc2ccccc2C1. The standard InChI is InChI=1S/C22H26N2O3/c1-2-19(24-10-9-16-5-3-4-6-18(16)15-24)14-23-22(25)17-7-8-20-21(13-17)27-12-11-26-20/h3-8,13,19H,2,9-12,14-15H2,1H3,(H,23,25)/t19-/m0/s1. The van der Waals surface area contributed by atoms with Gasteiger partial charge in [-0.1, -0.05) is 31.2 Å². The van der Waals surface area contributed by atoms with E-state index in [1.54, 1.807) is 12.1 Å². The Morgan fingerprint density at radius 1 is 1.11 bits per heavy atom. The first-order chi connectivity index (χ1) is 13.2. The van der Waals surface area contributed by atoms with E-state index in [0.29, 0.717) is 42.9 Å². The van der Waals surface area contributed by atoms with Gasteiger partial charge in [-0.3, -0.25) is 9.69 Å². The van der Waals surface area contributed by atoms with Crippen molar-refractivity contribution >= 4 is 5.91 Å². The van der Waals surface area contributed by atoms with Gasteiger partial charge in [0, 0.05) is 31.2 Å². The maximum absolute atomic E-state index is 12.6. The lowest BCUT2D eigenvalue weighted by molar-refractivity contribution is 0.0925. The zero-order valence-corrected chi connectivity index (χ0v) is 15.7. The molecule has 5 heteroatoms. The normalized spacial score (nSPS) is 17.1. The zero-order valence-electron chi connectivity index (χ0n) is 15.7. The largest absolute Gasteiger partial charge is 0.486 e. The lowest BCUT2D eigenvalue weighted by Crippen LogP contribution is -2.45. The molecule has 0 saturated carbocycles. The van der Waals surface area contributed by atoms with Gasteiger partial charge in [0.05, 0.1) is 0 Å². The molecule has 2 aromatic carbocycles. The molecule has 4 rings (SSSR count). The number of ether oxygens (including phenoxy) is 2. The Kier molecular flexibility index (Phi) is 5.30. The molecule has 0 fully saturated rings. The van der Waals surface area contributed by atoms with E-state index in [4.69, 9.17) is 9.47 Å². The Bertz CT molecular complexity index is 821. The smallest absolute Gasteiger partial charge is 0.251 e. The van der Waals surface area contributed by atoms with E-state index in [1.165, 1.54) is 11.1 Å². The Balaban J connectivity index is 1.37. The summed E-state index contributed by atoms with van der Waals surface area (Å²) in [6, 6.07) is 14.3. The van der Waals surface area contributed by atoms with Crippen LogP contribution in [0.4, 0.5) is 0 Å². The second-order valence-electron chi connectivity index (χ2n) is 7.12. The monoisotopic (exact) mass is 366 g/mol. The molecule has 2 aromatic rings. The number of nitrogens with one attached hydrogen (secondary N) is 1. The average Bonchev–Trinajstić information content (AvgIpc) is 2.73. The summed E-state index contributed by atoms with van der Waals surface area (Å²) in [6.45, 7) is 5.89. The Hall–Kier alpha value is -2.53. The van der Waals surface area contributed by atoms with Gasteiger partial charge in [-0.15, -0.1) is 0 Å². The molecule has 1 N–H and O–H groups in total. The molecule has 0 unspecified atom stereocenters. The van der Waals surface area contributed by atoms with Gasteiger partial charge in [0.25, 0.3) is 5.91 Å². The summed E-state index contributed by atoms with van der Waals surface area (Å²) in [4.78, 5) is 15.1. The predicted molar refractivity (Wildman–Crippen MR) is 104 cm³/mol. The minimum absolute atomic E-state index is 0.0668. The van der Waals surface area contributed by atoms with Crippen LogP contribution >= 0.6 is 0 Å². The van der Waals surface area contributed by atoms with Gasteiger partial charge in [0.15, 0.2) is 11.5 Å². The van der Waals surface area contributed by atoms with Crippen molar-refractivity contribution < 1.29 is 14.3 Å². The van der Waals surface area contributed by atoms with E-state index >= 15 is 0 Å². The molecule has 5 nitrogen and oxygen atoms in total. The highest BCUT2D eigenvalue weighted by Crippen LogP contribution is 2.30. The number of fused-ring (bicyclic) bond motifs is 2. The second-order valence-corrected chi connectivity index (χ2v) is 7.12. The van der Waals surface area contributed by atoms with Crippen LogP contribution in [0.2, 0.25) is 0 Å². The summed E-state index contributed by atoms with van der Waals surface area (Å²) in [5.41, 5.74) is 3.46. The summed E-state index contributed by atoms with van der Waals surface area (Å²) < 4.78 is 11.1. The van der Waals surface area contributed by atoms with Crippen LogP contribution in [0.1, 0.15) is 34.8 Å². The fourth-order valence-corrected chi connectivity index (χ4v) is 3.86. The molecule has 0 bridgehead atoms.